The van der Waals surface area contributed by atoms with E-state index < -0.39 is 10.1 Å². The van der Waals surface area contributed by atoms with Crippen LogP contribution < -0.4 is 4.74 Å². The molecule has 0 aliphatic carbocycles. The number of rotatable bonds is 5. The van der Waals surface area contributed by atoms with Crippen LogP contribution in [0.1, 0.15) is 5.56 Å². The van der Waals surface area contributed by atoms with Crippen LogP contribution in [0.5, 0.6) is 5.75 Å². The number of fused-ring (bicyclic) bond motifs is 1. The van der Waals surface area contributed by atoms with E-state index in [0.29, 0.717) is 17.9 Å². The summed E-state index contributed by atoms with van der Waals surface area (Å²) in [5, 5.41) is 0. The van der Waals surface area contributed by atoms with Gasteiger partial charge in [-0.1, -0.05) is 48.5 Å². The monoisotopic (exact) mass is 381 g/mol. The molecular weight excluding hydrogens is 366 g/mol. The third-order valence-electron chi connectivity index (χ3n) is 4.01. The van der Waals surface area contributed by atoms with Crippen molar-refractivity contribution < 1.29 is 22.1 Å². The standard InChI is InChI=1S/C20H15NO5S/c22-27(23,24)18-12-6-11-17-19(18)21-20(26-17)15-9-4-5-10-16(15)25-13-14-7-2-1-3-8-14/h1-12H,13H2,(H,22,23,24). The number of aromatic nitrogens is 1. The molecule has 0 unspecified atom stereocenters. The van der Waals surface area contributed by atoms with Gasteiger partial charge in [-0.05, 0) is 29.8 Å². The van der Waals surface area contributed by atoms with Crippen LogP contribution in [-0.4, -0.2) is 18.0 Å². The number of nitrogens with zero attached hydrogens (tertiary/aromatic N) is 1. The summed E-state index contributed by atoms with van der Waals surface area (Å²) in [5.74, 6) is 0.770. The highest BCUT2D eigenvalue weighted by Gasteiger charge is 2.20. The highest BCUT2D eigenvalue weighted by Crippen LogP contribution is 2.33. The van der Waals surface area contributed by atoms with E-state index >= 15 is 0 Å². The highest BCUT2D eigenvalue weighted by molar-refractivity contribution is 7.86. The Bertz CT molecular complexity index is 1200. The maximum atomic E-state index is 11.6. The second-order valence-corrected chi connectivity index (χ2v) is 7.26. The van der Waals surface area contributed by atoms with Crippen molar-refractivity contribution in [1.29, 1.82) is 0 Å². The Morgan fingerprint density at radius 1 is 0.926 bits per heavy atom. The van der Waals surface area contributed by atoms with Gasteiger partial charge in [0, 0.05) is 0 Å². The van der Waals surface area contributed by atoms with E-state index in [0.717, 1.165) is 5.56 Å². The quantitative estimate of drug-likeness (QED) is 0.518. The number of hydrogen-bond acceptors (Lipinski definition) is 5. The first-order chi connectivity index (χ1) is 13.0. The summed E-state index contributed by atoms with van der Waals surface area (Å²) in [4.78, 5) is 3.99. The average Bonchev–Trinajstić information content (AvgIpc) is 3.10. The van der Waals surface area contributed by atoms with Crippen LogP contribution in [-0.2, 0) is 16.7 Å². The summed E-state index contributed by atoms with van der Waals surface area (Å²) >= 11 is 0. The van der Waals surface area contributed by atoms with Crippen LogP contribution in [0.3, 0.4) is 0 Å². The first-order valence-electron chi connectivity index (χ1n) is 8.15. The van der Waals surface area contributed by atoms with Gasteiger partial charge in [-0.15, -0.1) is 0 Å². The van der Waals surface area contributed by atoms with Crippen molar-refractivity contribution in [1.82, 2.24) is 4.98 Å². The van der Waals surface area contributed by atoms with E-state index in [2.05, 4.69) is 4.98 Å². The molecule has 6 nitrogen and oxygen atoms in total. The summed E-state index contributed by atoms with van der Waals surface area (Å²) in [6.45, 7) is 0.369. The molecule has 1 aromatic heterocycles. The molecule has 0 radical (unpaired) electrons. The molecule has 4 aromatic rings. The van der Waals surface area contributed by atoms with Gasteiger partial charge in [0.2, 0.25) is 5.89 Å². The summed E-state index contributed by atoms with van der Waals surface area (Å²) in [6, 6.07) is 21.3. The molecule has 0 amide bonds. The predicted molar refractivity (Wildman–Crippen MR) is 100 cm³/mol. The smallest absolute Gasteiger partial charge is 0.296 e. The summed E-state index contributed by atoms with van der Waals surface area (Å²) in [7, 11) is -4.41. The van der Waals surface area contributed by atoms with Crippen LogP contribution in [0.15, 0.2) is 82.1 Å². The fourth-order valence-electron chi connectivity index (χ4n) is 2.75. The van der Waals surface area contributed by atoms with Crippen molar-refractivity contribution in [3.05, 3.63) is 78.4 Å². The molecule has 0 aliphatic heterocycles. The molecule has 0 aliphatic rings. The van der Waals surface area contributed by atoms with Gasteiger partial charge in [0.15, 0.2) is 5.58 Å². The van der Waals surface area contributed by atoms with Gasteiger partial charge in [0.05, 0.1) is 5.56 Å². The highest BCUT2D eigenvalue weighted by atomic mass is 32.2. The fraction of sp³-hybridized carbons (Fsp3) is 0.0500. The van der Waals surface area contributed by atoms with Crippen LogP contribution in [0.2, 0.25) is 0 Å². The van der Waals surface area contributed by atoms with Crippen molar-refractivity contribution in [2.75, 3.05) is 0 Å². The minimum Gasteiger partial charge on any atom is -0.488 e. The lowest BCUT2D eigenvalue weighted by atomic mass is 10.2. The Kier molecular flexibility index (Phi) is 4.39. The van der Waals surface area contributed by atoms with E-state index in [1.807, 2.05) is 42.5 Å². The molecule has 3 aromatic carbocycles. The van der Waals surface area contributed by atoms with E-state index in [9.17, 15) is 13.0 Å². The Morgan fingerprint density at radius 3 is 2.44 bits per heavy atom. The van der Waals surface area contributed by atoms with Crippen LogP contribution >= 0.6 is 0 Å². The van der Waals surface area contributed by atoms with Crippen LogP contribution in [0.4, 0.5) is 0 Å². The van der Waals surface area contributed by atoms with Crippen LogP contribution in [0.25, 0.3) is 22.6 Å². The van der Waals surface area contributed by atoms with Gasteiger partial charge in [-0.25, -0.2) is 4.98 Å². The normalized spacial score (nSPS) is 11.6. The topological polar surface area (TPSA) is 89.6 Å². The van der Waals surface area contributed by atoms with Crippen molar-refractivity contribution in [2.45, 2.75) is 11.5 Å². The average molecular weight is 381 g/mol. The molecule has 0 fully saturated rings. The van der Waals surface area contributed by atoms with Crippen LogP contribution in [0, 0.1) is 0 Å². The van der Waals surface area contributed by atoms with Gasteiger partial charge in [0.1, 0.15) is 22.8 Å². The number of oxazole rings is 1. The minimum absolute atomic E-state index is 0.0767. The lowest BCUT2D eigenvalue weighted by molar-refractivity contribution is 0.307. The number of ether oxygens (including phenoxy) is 1. The summed E-state index contributed by atoms with van der Waals surface area (Å²) in [5.41, 5.74) is 1.94. The molecule has 136 valence electrons. The Hall–Kier alpha value is -3.16. The maximum Gasteiger partial charge on any atom is 0.296 e. The molecule has 4 rings (SSSR count). The minimum atomic E-state index is -4.41. The first kappa shape index (κ1) is 17.3. The molecule has 27 heavy (non-hydrogen) atoms. The molecule has 0 spiro atoms. The zero-order valence-corrected chi connectivity index (χ0v) is 14.9. The number of benzene rings is 3. The molecule has 7 heteroatoms. The molecule has 1 heterocycles. The van der Waals surface area contributed by atoms with Gasteiger partial charge in [-0.2, -0.15) is 8.42 Å². The lowest BCUT2D eigenvalue weighted by Gasteiger charge is -2.09. The van der Waals surface area contributed by atoms with Gasteiger partial charge in [0.25, 0.3) is 10.1 Å². The molecular formula is C20H15NO5S. The Balaban J connectivity index is 1.74. The van der Waals surface area contributed by atoms with E-state index in [4.69, 9.17) is 9.15 Å². The van der Waals surface area contributed by atoms with Gasteiger partial charge in [-0.3, -0.25) is 4.55 Å². The number of hydrogen-bond donors (Lipinski definition) is 1. The van der Waals surface area contributed by atoms with Crippen molar-refractivity contribution in [3.63, 3.8) is 0 Å². The van der Waals surface area contributed by atoms with Gasteiger partial charge < -0.3 is 9.15 Å². The largest absolute Gasteiger partial charge is 0.488 e. The summed E-state index contributed by atoms with van der Waals surface area (Å²) in [6.07, 6.45) is 0. The number of para-hydroxylation sites is 2. The van der Waals surface area contributed by atoms with E-state index in [-0.39, 0.29) is 21.9 Å². The zero-order valence-electron chi connectivity index (χ0n) is 14.1. The third-order valence-corrected chi connectivity index (χ3v) is 4.90. The SMILES string of the molecule is O=S(=O)(O)c1cccc2oc(-c3ccccc3OCc3ccccc3)nc12. The maximum absolute atomic E-state index is 11.6. The molecule has 0 bridgehead atoms. The van der Waals surface area contributed by atoms with Gasteiger partial charge >= 0.3 is 0 Å². The van der Waals surface area contributed by atoms with Crippen molar-refractivity contribution in [2.24, 2.45) is 0 Å². The third kappa shape index (κ3) is 3.55. The zero-order chi connectivity index (χ0) is 18.9. The van der Waals surface area contributed by atoms with Crippen molar-refractivity contribution in [3.8, 4) is 17.2 Å². The van der Waals surface area contributed by atoms with E-state index in [1.165, 1.54) is 12.1 Å². The molecule has 0 saturated carbocycles. The predicted octanol–water partition coefficient (Wildman–Crippen LogP) is 4.32. The first-order valence-corrected chi connectivity index (χ1v) is 9.59. The fourth-order valence-corrected chi connectivity index (χ4v) is 3.39. The second-order valence-electron chi connectivity index (χ2n) is 5.87. The van der Waals surface area contributed by atoms with E-state index in [1.54, 1.807) is 18.2 Å². The molecule has 0 saturated heterocycles. The molecule has 1 N–H and O–H groups in total. The molecule has 0 atom stereocenters. The lowest BCUT2D eigenvalue weighted by Crippen LogP contribution is -1.99. The Morgan fingerprint density at radius 2 is 1.67 bits per heavy atom. The summed E-state index contributed by atoms with van der Waals surface area (Å²) < 4.78 is 44.2. The second kappa shape index (κ2) is 6.86. The Labute approximate surface area is 155 Å². The van der Waals surface area contributed by atoms with Crippen molar-refractivity contribution >= 4 is 21.2 Å².